The van der Waals surface area contributed by atoms with E-state index in [9.17, 15) is 4.79 Å². The normalized spacial score (nSPS) is 11.2. The maximum Gasteiger partial charge on any atom is 0.367 e. The summed E-state index contributed by atoms with van der Waals surface area (Å²) in [5.41, 5.74) is 7.52. The van der Waals surface area contributed by atoms with E-state index in [-0.39, 0.29) is 11.4 Å². The molecule has 0 unspecified atom stereocenters. The Bertz CT molecular complexity index is 657. The zero-order chi connectivity index (χ0) is 14.5. The number of nitrogens with one attached hydrogen (secondary N) is 1. The van der Waals surface area contributed by atoms with Gasteiger partial charge in [0.05, 0.1) is 16.1 Å². The van der Waals surface area contributed by atoms with Crippen LogP contribution in [0.3, 0.4) is 0 Å². The van der Waals surface area contributed by atoms with Crippen LogP contribution in [0.5, 0.6) is 0 Å². The van der Waals surface area contributed by atoms with Gasteiger partial charge in [-0.1, -0.05) is 22.8 Å². The van der Waals surface area contributed by atoms with Crippen LogP contribution in [0.2, 0.25) is 5.02 Å². The Morgan fingerprint density at radius 1 is 1.40 bits per heavy atom. The molecule has 102 valence electrons. The van der Waals surface area contributed by atoms with E-state index in [1.807, 2.05) is 6.92 Å². The molecular weight excluding hydrogens is 278 g/mol. The fraction of sp³-hybridized carbons (Fsp3) is 0.0714. The van der Waals surface area contributed by atoms with Crippen LogP contribution in [0.1, 0.15) is 21.5 Å². The fourth-order valence-electron chi connectivity index (χ4n) is 1.53. The molecule has 3 N–H and O–H groups in total. The molecule has 2 rings (SSSR count). The number of halogens is 1. The first-order valence-corrected chi connectivity index (χ1v) is 6.23. The number of nitrogens with zero attached hydrogens (tertiary/aromatic N) is 1. The molecule has 5 nitrogen and oxygen atoms in total. The van der Waals surface area contributed by atoms with Crippen molar-refractivity contribution >= 4 is 23.4 Å². The van der Waals surface area contributed by atoms with E-state index in [0.29, 0.717) is 10.6 Å². The smallest absolute Gasteiger partial charge is 0.367 e. The molecule has 2 aromatic rings. The lowest BCUT2D eigenvalue weighted by atomic mass is 10.1. The Morgan fingerprint density at radius 2 is 2.20 bits per heavy atom. The van der Waals surface area contributed by atoms with Gasteiger partial charge in [-0.25, -0.2) is 9.78 Å². The molecule has 20 heavy (non-hydrogen) atoms. The zero-order valence-electron chi connectivity index (χ0n) is 10.8. The van der Waals surface area contributed by atoms with E-state index < -0.39 is 5.97 Å². The number of hydrogen-bond acceptors (Lipinski definition) is 3. The number of pyridine rings is 1. The van der Waals surface area contributed by atoms with Crippen molar-refractivity contribution < 1.29 is 14.6 Å². The number of rotatable bonds is 3. The lowest BCUT2D eigenvalue weighted by Gasteiger charge is -2.03. The van der Waals surface area contributed by atoms with Crippen molar-refractivity contribution in [3.8, 4) is 0 Å². The minimum atomic E-state index is -0.655. The van der Waals surface area contributed by atoms with Crippen molar-refractivity contribution in [2.75, 3.05) is 0 Å². The van der Waals surface area contributed by atoms with E-state index >= 15 is 0 Å². The lowest BCUT2D eigenvalue weighted by Crippen LogP contribution is -2.17. The minimum absolute atomic E-state index is 0.0958. The van der Waals surface area contributed by atoms with Crippen LogP contribution in [0.4, 0.5) is 0 Å². The maximum atomic E-state index is 11.8. The average molecular weight is 291 g/mol. The Hall–Kier alpha value is -2.40. The third kappa shape index (κ3) is 3.33. The Balaban J connectivity index is 2.12. The summed E-state index contributed by atoms with van der Waals surface area (Å²) in [7, 11) is 0. The summed E-state index contributed by atoms with van der Waals surface area (Å²) in [6, 6.07) is 8.53. The van der Waals surface area contributed by atoms with Gasteiger partial charge in [0.15, 0.2) is 18.2 Å². The quantitative estimate of drug-likeness (QED) is 0.406. The van der Waals surface area contributed by atoms with E-state index in [1.54, 1.807) is 42.7 Å². The zero-order valence-corrected chi connectivity index (χ0v) is 11.5. The van der Waals surface area contributed by atoms with Gasteiger partial charge in [0.1, 0.15) is 0 Å². The molecule has 0 aliphatic heterocycles. The molecule has 0 bridgehead atoms. The number of benzene rings is 1. The van der Waals surface area contributed by atoms with Crippen LogP contribution in [0.15, 0.2) is 47.9 Å². The second-order valence-corrected chi connectivity index (χ2v) is 4.54. The van der Waals surface area contributed by atoms with Crippen molar-refractivity contribution in [1.29, 1.82) is 0 Å². The van der Waals surface area contributed by atoms with Gasteiger partial charge in [-0.3, -0.25) is 0 Å². The molecule has 6 heteroatoms. The highest BCUT2D eigenvalue weighted by Crippen LogP contribution is 2.18. The number of oxime groups is 1. The van der Waals surface area contributed by atoms with E-state index in [0.717, 1.165) is 5.56 Å². The first-order valence-electron chi connectivity index (χ1n) is 5.85. The SMILES string of the molecule is Cc1ccc(C(=O)ON=C(N)c2ccc[nH+]c2)c(Cl)c1. The Morgan fingerprint density at radius 3 is 2.85 bits per heavy atom. The number of hydrogen-bond donors (Lipinski definition) is 1. The van der Waals surface area contributed by atoms with Crippen LogP contribution >= 0.6 is 11.6 Å². The van der Waals surface area contributed by atoms with Crippen molar-refractivity contribution in [3.05, 3.63) is 64.4 Å². The molecule has 0 aliphatic rings. The Kier molecular flexibility index (Phi) is 4.32. The second kappa shape index (κ2) is 6.16. The number of H-pyrrole nitrogens is 1. The molecule has 0 atom stereocenters. The molecule has 1 heterocycles. The highest BCUT2D eigenvalue weighted by Gasteiger charge is 2.12. The summed E-state index contributed by atoms with van der Waals surface area (Å²) in [6.07, 6.45) is 3.38. The van der Waals surface area contributed by atoms with Crippen LogP contribution in [-0.2, 0) is 4.84 Å². The third-order valence-corrected chi connectivity index (χ3v) is 2.89. The summed E-state index contributed by atoms with van der Waals surface area (Å²) in [6.45, 7) is 1.88. The fourth-order valence-corrected chi connectivity index (χ4v) is 1.84. The Labute approximate surface area is 121 Å². The summed E-state index contributed by atoms with van der Waals surface area (Å²) in [5, 5.41) is 3.92. The molecule has 0 saturated heterocycles. The molecule has 0 aliphatic carbocycles. The number of nitrogens with two attached hydrogens (primary N) is 1. The second-order valence-electron chi connectivity index (χ2n) is 4.13. The van der Waals surface area contributed by atoms with E-state index in [4.69, 9.17) is 22.2 Å². The van der Waals surface area contributed by atoms with E-state index in [2.05, 4.69) is 10.1 Å². The van der Waals surface area contributed by atoms with Crippen molar-refractivity contribution in [2.24, 2.45) is 10.9 Å². The standard InChI is InChI=1S/C14H12ClN3O2/c1-9-4-5-11(12(15)7-9)14(19)20-18-13(16)10-3-2-6-17-8-10/h2-8H,1H3,(H2,16,18)/p+1. The van der Waals surface area contributed by atoms with Crippen LogP contribution in [-0.4, -0.2) is 11.8 Å². The first-order chi connectivity index (χ1) is 9.58. The summed E-state index contributed by atoms with van der Waals surface area (Å²) in [5.74, 6) is -0.559. The highest BCUT2D eigenvalue weighted by atomic mass is 35.5. The van der Waals surface area contributed by atoms with Crippen LogP contribution in [0, 0.1) is 6.92 Å². The largest absolute Gasteiger partial charge is 0.380 e. The molecule has 0 saturated carbocycles. The van der Waals surface area contributed by atoms with Gasteiger partial charge in [-0.15, -0.1) is 0 Å². The number of carbonyl (C=O) groups is 1. The third-order valence-electron chi connectivity index (χ3n) is 2.57. The number of carbonyl (C=O) groups excluding carboxylic acids is 1. The van der Waals surface area contributed by atoms with Crippen molar-refractivity contribution in [1.82, 2.24) is 0 Å². The number of aromatic nitrogens is 1. The van der Waals surface area contributed by atoms with Crippen LogP contribution in [0.25, 0.3) is 0 Å². The highest BCUT2D eigenvalue weighted by molar-refractivity contribution is 6.33. The van der Waals surface area contributed by atoms with Gasteiger partial charge < -0.3 is 10.6 Å². The molecular formula is C14H13ClN3O2+. The molecule has 1 aromatic carbocycles. The summed E-state index contributed by atoms with van der Waals surface area (Å²) >= 11 is 5.97. The minimum Gasteiger partial charge on any atom is -0.380 e. The average Bonchev–Trinajstić information content (AvgIpc) is 2.45. The van der Waals surface area contributed by atoms with Gasteiger partial charge in [0.25, 0.3) is 0 Å². The van der Waals surface area contributed by atoms with Gasteiger partial charge >= 0.3 is 5.97 Å². The van der Waals surface area contributed by atoms with Crippen molar-refractivity contribution in [2.45, 2.75) is 6.92 Å². The monoisotopic (exact) mass is 290 g/mol. The predicted molar refractivity (Wildman–Crippen MR) is 75.3 cm³/mol. The maximum absolute atomic E-state index is 11.8. The van der Waals surface area contributed by atoms with Gasteiger partial charge in [-0.2, -0.15) is 0 Å². The van der Waals surface area contributed by atoms with E-state index in [1.165, 1.54) is 0 Å². The number of aromatic amines is 1. The van der Waals surface area contributed by atoms with Gasteiger partial charge in [0.2, 0.25) is 0 Å². The van der Waals surface area contributed by atoms with Gasteiger partial charge in [-0.05, 0) is 30.7 Å². The summed E-state index contributed by atoms with van der Waals surface area (Å²) < 4.78 is 0. The molecule has 1 aromatic heterocycles. The van der Waals surface area contributed by atoms with Gasteiger partial charge in [0, 0.05) is 6.07 Å². The summed E-state index contributed by atoms with van der Waals surface area (Å²) in [4.78, 5) is 19.5. The lowest BCUT2D eigenvalue weighted by molar-refractivity contribution is -0.378. The number of amidine groups is 1. The molecule has 0 fully saturated rings. The molecule has 0 amide bonds. The molecule has 0 spiro atoms. The number of aryl methyl sites for hydroxylation is 1. The predicted octanol–water partition coefficient (Wildman–Crippen LogP) is 1.94. The van der Waals surface area contributed by atoms with Crippen molar-refractivity contribution in [3.63, 3.8) is 0 Å². The van der Waals surface area contributed by atoms with Crippen LogP contribution < -0.4 is 10.7 Å². The first kappa shape index (κ1) is 14.0. The topological polar surface area (TPSA) is 78.8 Å². The molecule has 0 radical (unpaired) electrons.